The second kappa shape index (κ2) is 3.05. The van der Waals surface area contributed by atoms with Crippen molar-refractivity contribution in [1.29, 1.82) is 0 Å². The number of hydrogen-bond acceptors (Lipinski definition) is 1. The maximum Gasteiger partial charge on any atom is 0.126 e. The van der Waals surface area contributed by atoms with E-state index in [-0.39, 0.29) is 16.0 Å². The Balaban J connectivity index is 2.65. The summed E-state index contributed by atoms with van der Waals surface area (Å²) in [5.74, 6) is 2.70. The molecule has 0 aliphatic carbocycles. The zero-order valence-corrected chi connectivity index (χ0v) is 9.44. The molecule has 12 heavy (non-hydrogen) atoms. The van der Waals surface area contributed by atoms with Crippen LogP contribution >= 0.6 is 15.9 Å². The highest BCUT2D eigenvalue weighted by Crippen LogP contribution is 2.38. The van der Waals surface area contributed by atoms with Gasteiger partial charge in [-0.1, -0.05) is 21.9 Å². The molecule has 0 radical (unpaired) electrons. The summed E-state index contributed by atoms with van der Waals surface area (Å²) in [7, 11) is 0. The Morgan fingerprint density at radius 3 is 2.50 bits per heavy atom. The van der Waals surface area contributed by atoms with Gasteiger partial charge in [-0.15, -0.1) is 6.42 Å². The first-order valence-electron chi connectivity index (χ1n) is 4.22. The van der Waals surface area contributed by atoms with E-state index in [1.54, 1.807) is 0 Å². The standard InChI is InChI=1S/C10H15BrO/c1-5-10(4)7-6-8(12-10)9(2,3)11/h1,8H,6-7H2,2-4H3. The van der Waals surface area contributed by atoms with Gasteiger partial charge in [-0.2, -0.15) is 0 Å². The molecule has 2 atom stereocenters. The Morgan fingerprint density at radius 2 is 2.25 bits per heavy atom. The summed E-state index contributed by atoms with van der Waals surface area (Å²) in [5, 5.41) is 0. The van der Waals surface area contributed by atoms with E-state index in [2.05, 4.69) is 35.7 Å². The van der Waals surface area contributed by atoms with Crippen LogP contribution in [0.5, 0.6) is 0 Å². The molecule has 1 fully saturated rings. The summed E-state index contributed by atoms with van der Waals surface area (Å²) in [5.41, 5.74) is -0.338. The lowest BCUT2D eigenvalue weighted by Crippen LogP contribution is -2.32. The minimum atomic E-state index is -0.338. The molecule has 0 saturated carbocycles. The van der Waals surface area contributed by atoms with E-state index in [9.17, 15) is 0 Å². The number of ether oxygens (including phenoxy) is 1. The first kappa shape index (κ1) is 10.1. The Kier molecular flexibility index (Phi) is 2.56. The molecular formula is C10H15BrO. The van der Waals surface area contributed by atoms with Crippen molar-refractivity contribution in [2.75, 3.05) is 0 Å². The average Bonchev–Trinajstić information content (AvgIpc) is 2.32. The van der Waals surface area contributed by atoms with Crippen molar-refractivity contribution < 1.29 is 4.74 Å². The normalized spacial score (nSPS) is 36.4. The van der Waals surface area contributed by atoms with Crippen molar-refractivity contribution in [2.45, 2.75) is 49.6 Å². The van der Waals surface area contributed by atoms with Gasteiger partial charge < -0.3 is 4.74 Å². The third-order valence-electron chi connectivity index (χ3n) is 2.36. The summed E-state index contributed by atoms with van der Waals surface area (Å²) in [4.78, 5) is 0. The van der Waals surface area contributed by atoms with E-state index in [0.29, 0.717) is 0 Å². The first-order valence-corrected chi connectivity index (χ1v) is 5.01. The van der Waals surface area contributed by atoms with E-state index >= 15 is 0 Å². The summed E-state index contributed by atoms with van der Waals surface area (Å²) in [6.45, 7) is 6.20. The molecule has 2 unspecified atom stereocenters. The van der Waals surface area contributed by atoms with Crippen LogP contribution in [0.3, 0.4) is 0 Å². The molecule has 0 spiro atoms. The topological polar surface area (TPSA) is 9.23 Å². The first-order chi connectivity index (χ1) is 5.37. The van der Waals surface area contributed by atoms with Crippen molar-refractivity contribution in [3.8, 4) is 12.3 Å². The predicted octanol–water partition coefficient (Wildman–Crippen LogP) is 2.73. The molecule has 1 rings (SSSR count). The van der Waals surface area contributed by atoms with Crippen molar-refractivity contribution in [3.05, 3.63) is 0 Å². The zero-order valence-electron chi connectivity index (χ0n) is 7.86. The molecule has 0 amide bonds. The van der Waals surface area contributed by atoms with Gasteiger partial charge in [0, 0.05) is 4.32 Å². The number of rotatable bonds is 1. The van der Waals surface area contributed by atoms with Crippen LogP contribution in [0.2, 0.25) is 0 Å². The van der Waals surface area contributed by atoms with Crippen LogP contribution in [-0.4, -0.2) is 16.0 Å². The van der Waals surface area contributed by atoms with Gasteiger partial charge in [0.1, 0.15) is 5.60 Å². The molecule has 68 valence electrons. The van der Waals surface area contributed by atoms with Crippen LogP contribution in [0.15, 0.2) is 0 Å². The number of alkyl halides is 1. The van der Waals surface area contributed by atoms with Gasteiger partial charge in [-0.3, -0.25) is 0 Å². The maximum atomic E-state index is 5.78. The fourth-order valence-corrected chi connectivity index (χ4v) is 1.75. The van der Waals surface area contributed by atoms with Crippen molar-refractivity contribution >= 4 is 15.9 Å². The molecule has 1 heterocycles. The molecule has 0 N–H and O–H groups in total. The lowest BCUT2D eigenvalue weighted by molar-refractivity contribution is -0.000902. The third-order valence-corrected chi connectivity index (χ3v) is 2.87. The number of hydrogen-bond donors (Lipinski definition) is 0. The summed E-state index contributed by atoms with van der Waals surface area (Å²) < 4.78 is 5.81. The van der Waals surface area contributed by atoms with Crippen molar-refractivity contribution in [2.24, 2.45) is 0 Å². The third kappa shape index (κ3) is 2.02. The molecular weight excluding hydrogens is 216 g/mol. The van der Waals surface area contributed by atoms with Crippen LogP contribution < -0.4 is 0 Å². The van der Waals surface area contributed by atoms with E-state index in [4.69, 9.17) is 11.2 Å². The molecule has 0 aromatic rings. The monoisotopic (exact) mass is 230 g/mol. The van der Waals surface area contributed by atoms with Gasteiger partial charge in [0.05, 0.1) is 6.10 Å². The van der Waals surface area contributed by atoms with Crippen molar-refractivity contribution in [3.63, 3.8) is 0 Å². The molecule has 0 aromatic heterocycles. The van der Waals surface area contributed by atoms with Crippen LogP contribution in [0.25, 0.3) is 0 Å². The van der Waals surface area contributed by atoms with Gasteiger partial charge in [0.25, 0.3) is 0 Å². The fourth-order valence-electron chi connectivity index (χ4n) is 1.43. The van der Waals surface area contributed by atoms with Gasteiger partial charge >= 0.3 is 0 Å². The molecule has 1 aliphatic heterocycles. The Morgan fingerprint density at radius 1 is 1.67 bits per heavy atom. The zero-order chi connectivity index (χ0) is 9.41. The molecule has 0 bridgehead atoms. The lowest BCUT2D eigenvalue weighted by atomic mass is 10.0. The van der Waals surface area contributed by atoms with Crippen molar-refractivity contribution in [1.82, 2.24) is 0 Å². The van der Waals surface area contributed by atoms with Crippen LogP contribution in [0.1, 0.15) is 33.6 Å². The summed E-state index contributed by atoms with van der Waals surface area (Å²) in [6, 6.07) is 0. The van der Waals surface area contributed by atoms with Crippen LogP contribution in [0.4, 0.5) is 0 Å². The molecule has 2 heteroatoms. The average molecular weight is 231 g/mol. The highest BCUT2D eigenvalue weighted by Gasteiger charge is 2.40. The van der Waals surface area contributed by atoms with Crippen LogP contribution in [0, 0.1) is 12.3 Å². The van der Waals surface area contributed by atoms with E-state index in [1.165, 1.54) is 0 Å². The highest BCUT2D eigenvalue weighted by molar-refractivity contribution is 9.10. The smallest absolute Gasteiger partial charge is 0.126 e. The van der Waals surface area contributed by atoms with E-state index in [1.807, 2.05) is 6.92 Å². The Labute approximate surface area is 83.0 Å². The largest absolute Gasteiger partial charge is 0.358 e. The fraction of sp³-hybridized carbons (Fsp3) is 0.800. The maximum absolute atomic E-state index is 5.78. The van der Waals surface area contributed by atoms with Gasteiger partial charge in [-0.05, 0) is 33.6 Å². The number of halogens is 1. The summed E-state index contributed by atoms with van der Waals surface area (Å²) in [6.07, 6.45) is 7.62. The molecule has 1 aliphatic rings. The molecule has 1 saturated heterocycles. The Hall–Kier alpha value is -0.0000000000000000208. The van der Waals surface area contributed by atoms with Gasteiger partial charge in [0.15, 0.2) is 0 Å². The quantitative estimate of drug-likeness (QED) is 0.498. The molecule has 0 aromatic carbocycles. The second-order valence-electron chi connectivity index (χ2n) is 4.08. The summed E-state index contributed by atoms with van der Waals surface area (Å²) >= 11 is 3.59. The van der Waals surface area contributed by atoms with Gasteiger partial charge in [-0.25, -0.2) is 0 Å². The SMILES string of the molecule is C#CC1(C)CCC(C(C)(C)Br)O1. The second-order valence-corrected chi connectivity index (χ2v) is 6.13. The highest BCUT2D eigenvalue weighted by atomic mass is 79.9. The molecule has 1 nitrogen and oxygen atoms in total. The minimum absolute atomic E-state index is 0.0294. The number of terminal acetylenes is 1. The lowest BCUT2D eigenvalue weighted by Gasteiger charge is -2.26. The predicted molar refractivity (Wildman–Crippen MR) is 54.4 cm³/mol. The van der Waals surface area contributed by atoms with Gasteiger partial charge in [0.2, 0.25) is 0 Å². The minimum Gasteiger partial charge on any atom is -0.358 e. The van der Waals surface area contributed by atoms with E-state index in [0.717, 1.165) is 12.8 Å². The van der Waals surface area contributed by atoms with E-state index < -0.39 is 0 Å². The van der Waals surface area contributed by atoms with Crippen LogP contribution in [-0.2, 0) is 4.74 Å². The Bertz CT molecular complexity index is 211.